The number of ether oxygens (including phenoxy) is 2. The Morgan fingerprint density at radius 3 is 2.85 bits per heavy atom. The Kier molecular flexibility index (Phi) is 4.18. The molecule has 0 aromatic heterocycles. The number of hydrogen-bond donors (Lipinski definition) is 1. The fraction of sp³-hybridized carbons (Fsp3) is 0.889. The van der Waals surface area contributed by atoms with Crippen LogP contribution in [0.25, 0.3) is 0 Å². The third kappa shape index (κ3) is 3.32. The first-order valence-corrected chi connectivity index (χ1v) is 4.74. The predicted molar refractivity (Wildman–Crippen MR) is 46.4 cm³/mol. The lowest BCUT2D eigenvalue weighted by atomic mass is 10.2. The highest BCUT2D eigenvalue weighted by molar-refractivity contribution is 5.72. The summed E-state index contributed by atoms with van der Waals surface area (Å²) < 4.78 is 10.3. The maximum atomic E-state index is 10.5. The summed E-state index contributed by atoms with van der Waals surface area (Å²) in [6.45, 7) is 2.31. The van der Waals surface area contributed by atoms with Crippen LogP contribution < -0.4 is 0 Å². The van der Waals surface area contributed by atoms with E-state index >= 15 is 0 Å². The number of aliphatic carboxylic acids is 1. The Morgan fingerprint density at radius 1 is 1.54 bits per heavy atom. The molecule has 0 radical (unpaired) electrons. The van der Waals surface area contributed by atoms with Crippen LogP contribution in [0.1, 0.15) is 32.6 Å². The van der Waals surface area contributed by atoms with Crippen molar-refractivity contribution in [2.24, 2.45) is 0 Å². The van der Waals surface area contributed by atoms with Gasteiger partial charge in [0.15, 0.2) is 12.4 Å². The molecule has 1 aliphatic rings. The van der Waals surface area contributed by atoms with Gasteiger partial charge in [-0.1, -0.05) is 19.8 Å². The van der Waals surface area contributed by atoms with Crippen LogP contribution in [0.4, 0.5) is 0 Å². The van der Waals surface area contributed by atoms with Crippen LogP contribution in [-0.2, 0) is 14.3 Å². The lowest BCUT2D eigenvalue weighted by molar-refractivity contribution is -0.150. The van der Waals surface area contributed by atoms with Crippen molar-refractivity contribution in [1.82, 2.24) is 0 Å². The average molecular weight is 188 g/mol. The van der Waals surface area contributed by atoms with E-state index in [2.05, 4.69) is 6.92 Å². The summed E-state index contributed by atoms with van der Waals surface area (Å²) in [7, 11) is 0. The highest BCUT2D eigenvalue weighted by atomic mass is 16.7. The maximum Gasteiger partial charge on any atom is 0.335 e. The zero-order valence-corrected chi connectivity index (χ0v) is 7.86. The quantitative estimate of drug-likeness (QED) is 0.662. The molecule has 1 N–H and O–H groups in total. The zero-order valence-electron chi connectivity index (χ0n) is 7.86. The molecule has 13 heavy (non-hydrogen) atoms. The van der Waals surface area contributed by atoms with Crippen molar-refractivity contribution in [3.8, 4) is 0 Å². The van der Waals surface area contributed by atoms with Crippen molar-refractivity contribution < 1.29 is 19.4 Å². The molecule has 0 aromatic carbocycles. The van der Waals surface area contributed by atoms with Crippen molar-refractivity contribution in [2.75, 3.05) is 6.61 Å². The summed E-state index contributed by atoms with van der Waals surface area (Å²) in [6.07, 6.45) is 3.07. The molecule has 1 aliphatic heterocycles. The van der Waals surface area contributed by atoms with Gasteiger partial charge in [0.05, 0.1) is 6.61 Å². The van der Waals surface area contributed by atoms with Crippen LogP contribution in [0.15, 0.2) is 0 Å². The number of unbranched alkanes of at least 4 members (excludes halogenated alkanes) is 2. The molecule has 0 saturated carbocycles. The van der Waals surface area contributed by atoms with Crippen LogP contribution in [-0.4, -0.2) is 30.1 Å². The van der Waals surface area contributed by atoms with Crippen LogP contribution in [0, 0.1) is 0 Å². The summed E-state index contributed by atoms with van der Waals surface area (Å²) in [5.74, 6) is -0.932. The van der Waals surface area contributed by atoms with Gasteiger partial charge in [-0.2, -0.15) is 0 Å². The molecule has 4 nitrogen and oxygen atoms in total. The first-order chi connectivity index (χ1) is 6.24. The van der Waals surface area contributed by atoms with Gasteiger partial charge in [0.25, 0.3) is 0 Å². The van der Waals surface area contributed by atoms with Gasteiger partial charge in [0.1, 0.15) is 0 Å². The van der Waals surface area contributed by atoms with Gasteiger partial charge in [0.2, 0.25) is 0 Å². The number of carboxylic acid groups (broad SMARTS) is 1. The topological polar surface area (TPSA) is 55.8 Å². The van der Waals surface area contributed by atoms with Gasteiger partial charge in [-0.05, 0) is 12.8 Å². The van der Waals surface area contributed by atoms with E-state index in [0.29, 0.717) is 0 Å². The van der Waals surface area contributed by atoms with Gasteiger partial charge in [0, 0.05) is 0 Å². The molecule has 0 bridgehead atoms. The smallest absolute Gasteiger partial charge is 0.335 e. The summed E-state index contributed by atoms with van der Waals surface area (Å²) >= 11 is 0. The maximum absolute atomic E-state index is 10.5. The van der Waals surface area contributed by atoms with Gasteiger partial charge >= 0.3 is 5.97 Å². The molecule has 0 aliphatic carbocycles. The summed E-state index contributed by atoms with van der Waals surface area (Å²) in [4.78, 5) is 10.5. The molecule has 1 heterocycles. The molecule has 1 rings (SSSR count). The molecule has 0 aromatic rings. The average Bonchev–Trinajstić information content (AvgIpc) is 2.53. The molecule has 1 fully saturated rings. The number of carboxylic acids is 1. The van der Waals surface area contributed by atoms with Gasteiger partial charge < -0.3 is 14.6 Å². The Hall–Kier alpha value is -0.610. The van der Waals surface area contributed by atoms with Crippen molar-refractivity contribution >= 4 is 5.97 Å². The fourth-order valence-corrected chi connectivity index (χ4v) is 1.30. The predicted octanol–water partition coefficient (Wildman–Crippen LogP) is 1.39. The minimum absolute atomic E-state index is 0.187. The second-order valence-electron chi connectivity index (χ2n) is 3.22. The number of hydrogen-bond acceptors (Lipinski definition) is 3. The van der Waals surface area contributed by atoms with E-state index in [1.54, 1.807) is 0 Å². The molecule has 2 unspecified atom stereocenters. The molecule has 0 amide bonds. The lowest BCUT2D eigenvalue weighted by Gasteiger charge is -2.08. The van der Waals surface area contributed by atoms with E-state index in [1.165, 1.54) is 0 Å². The van der Waals surface area contributed by atoms with E-state index in [1.807, 2.05) is 0 Å². The lowest BCUT2D eigenvalue weighted by Crippen LogP contribution is -2.22. The van der Waals surface area contributed by atoms with Crippen molar-refractivity contribution in [1.29, 1.82) is 0 Å². The minimum Gasteiger partial charge on any atom is -0.479 e. The van der Waals surface area contributed by atoms with E-state index in [-0.39, 0.29) is 12.9 Å². The third-order valence-corrected chi connectivity index (χ3v) is 2.07. The molecule has 76 valence electrons. The largest absolute Gasteiger partial charge is 0.479 e. The Morgan fingerprint density at radius 2 is 2.31 bits per heavy atom. The zero-order chi connectivity index (χ0) is 9.68. The van der Waals surface area contributed by atoms with Gasteiger partial charge in [-0.15, -0.1) is 0 Å². The highest BCUT2D eigenvalue weighted by Crippen LogP contribution is 2.17. The first-order valence-electron chi connectivity index (χ1n) is 4.74. The second-order valence-corrected chi connectivity index (χ2v) is 3.22. The number of rotatable bonds is 5. The normalized spacial score (nSPS) is 27.8. The first kappa shape index (κ1) is 10.5. The van der Waals surface area contributed by atoms with Crippen LogP contribution in [0.3, 0.4) is 0 Å². The SMILES string of the molecule is CCCCCC1OCC(C(=O)O)O1. The van der Waals surface area contributed by atoms with E-state index in [0.717, 1.165) is 25.7 Å². The Balaban J connectivity index is 2.14. The van der Waals surface area contributed by atoms with Gasteiger partial charge in [-0.25, -0.2) is 4.79 Å². The second kappa shape index (κ2) is 5.19. The van der Waals surface area contributed by atoms with Crippen molar-refractivity contribution in [2.45, 2.75) is 45.0 Å². The van der Waals surface area contributed by atoms with Crippen molar-refractivity contribution in [3.05, 3.63) is 0 Å². The molecule has 0 spiro atoms. The van der Waals surface area contributed by atoms with Crippen LogP contribution in [0.5, 0.6) is 0 Å². The minimum atomic E-state index is -0.932. The number of carbonyl (C=O) groups is 1. The summed E-state index contributed by atoms with van der Waals surface area (Å²) in [6, 6.07) is 0. The highest BCUT2D eigenvalue weighted by Gasteiger charge is 2.30. The Labute approximate surface area is 77.8 Å². The van der Waals surface area contributed by atoms with E-state index < -0.39 is 12.1 Å². The standard InChI is InChI=1S/C9H16O4/c1-2-3-4-5-8-12-6-7(13-8)9(10)11/h7-8H,2-6H2,1H3,(H,10,11). The molecular weight excluding hydrogens is 172 g/mol. The Bertz CT molecular complexity index is 169. The van der Waals surface area contributed by atoms with E-state index in [4.69, 9.17) is 14.6 Å². The summed E-state index contributed by atoms with van der Waals surface area (Å²) in [5.41, 5.74) is 0. The summed E-state index contributed by atoms with van der Waals surface area (Å²) in [5, 5.41) is 8.60. The van der Waals surface area contributed by atoms with Crippen LogP contribution >= 0.6 is 0 Å². The van der Waals surface area contributed by atoms with Gasteiger partial charge in [-0.3, -0.25) is 0 Å². The van der Waals surface area contributed by atoms with E-state index in [9.17, 15) is 4.79 Å². The van der Waals surface area contributed by atoms with Crippen LogP contribution in [0.2, 0.25) is 0 Å². The third-order valence-electron chi connectivity index (χ3n) is 2.07. The fourth-order valence-electron chi connectivity index (χ4n) is 1.30. The van der Waals surface area contributed by atoms with Crippen molar-refractivity contribution in [3.63, 3.8) is 0 Å². The molecule has 1 saturated heterocycles. The molecule has 2 atom stereocenters. The monoisotopic (exact) mass is 188 g/mol. The molecular formula is C9H16O4. The molecule has 4 heteroatoms.